The van der Waals surface area contributed by atoms with Crippen molar-refractivity contribution in [1.82, 2.24) is 10.3 Å². The van der Waals surface area contributed by atoms with Crippen LogP contribution in [-0.4, -0.2) is 18.1 Å². The lowest BCUT2D eigenvalue weighted by Crippen LogP contribution is -2.17. The van der Waals surface area contributed by atoms with Crippen LogP contribution in [0.15, 0.2) is 29.0 Å². The third kappa shape index (κ3) is 2.55. The van der Waals surface area contributed by atoms with Crippen LogP contribution < -0.4 is 11.1 Å². The Balaban J connectivity index is 1.96. The Labute approximate surface area is 88.5 Å². The summed E-state index contributed by atoms with van der Waals surface area (Å²) in [5, 5.41) is 3.32. The molecule has 3 N–H and O–H groups in total. The van der Waals surface area contributed by atoms with Gasteiger partial charge < -0.3 is 15.5 Å². The monoisotopic (exact) mass is 205 g/mol. The number of rotatable bonds is 5. The van der Waals surface area contributed by atoms with Crippen molar-refractivity contribution in [2.45, 2.75) is 13.0 Å². The highest BCUT2D eigenvalue weighted by Crippen LogP contribution is 2.13. The van der Waals surface area contributed by atoms with Crippen LogP contribution in [0.3, 0.4) is 0 Å². The van der Waals surface area contributed by atoms with Crippen molar-refractivity contribution < 1.29 is 4.42 Å². The molecule has 0 saturated carbocycles. The third-order valence-corrected chi connectivity index (χ3v) is 2.28. The van der Waals surface area contributed by atoms with Crippen LogP contribution in [0.25, 0.3) is 11.1 Å². The van der Waals surface area contributed by atoms with Crippen molar-refractivity contribution in [3.63, 3.8) is 0 Å². The highest BCUT2D eigenvalue weighted by atomic mass is 16.3. The summed E-state index contributed by atoms with van der Waals surface area (Å²) in [6, 6.07) is 6.04. The van der Waals surface area contributed by atoms with Gasteiger partial charge in [-0.2, -0.15) is 0 Å². The Morgan fingerprint density at radius 3 is 3.20 bits per heavy atom. The SMILES string of the molecule is NCCCNCc1ccc2ncoc2c1. The number of benzene rings is 1. The summed E-state index contributed by atoms with van der Waals surface area (Å²) < 4.78 is 5.23. The van der Waals surface area contributed by atoms with Gasteiger partial charge in [-0.1, -0.05) is 6.07 Å². The second-order valence-corrected chi connectivity index (χ2v) is 3.47. The Hall–Kier alpha value is -1.39. The van der Waals surface area contributed by atoms with E-state index in [2.05, 4.69) is 16.4 Å². The normalized spacial score (nSPS) is 11.0. The van der Waals surface area contributed by atoms with Crippen LogP contribution in [-0.2, 0) is 6.54 Å². The minimum atomic E-state index is 0.730. The van der Waals surface area contributed by atoms with Gasteiger partial charge in [-0.25, -0.2) is 4.98 Å². The van der Waals surface area contributed by atoms with Crippen LogP contribution in [0.1, 0.15) is 12.0 Å². The fraction of sp³-hybridized carbons (Fsp3) is 0.364. The van der Waals surface area contributed by atoms with Gasteiger partial charge in [0.2, 0.25) is 0 Å². The van der Waals surface area contributed by atoms with E-state index in [-0.39, 0.29) is 0 Å². The zero-order valence-corrected chi connectivity index (χ0v) is 8.57. The predicted octanol–water partition coefficient (Wildman–Crippen LogP) is 1.27. The molecule has 80 valence electrons. The molecule has 0 aliphatic heterocycles. The quantitative estimate of drug-likeness (QED) is 0.721. The number of fused-ring (bicyclic) bond motifs is 1. The number of aromatic nitrogens is 1. The van der Waals surface area contributed by atoms with E-state index in [1.165, 1.54) is 12.0 Å². The van der Waals surface area contributed by atoms with Crippen molar-refractivity contribution in [2.24, 2.45) is 5.73 Å². The van der Waals surface area contributed by atoms with Crippen LogP contribution in [0.5, 0.6) is 0 Å². The first-order valence-corrected chi connectivity index (χ1v) is 5.13. The van der Waals surface area contributed by atoms with Crippen LogP contribution in [0, 0.1) is 0 Å². The van der Waals surface area contributed by atoms with Gasteiger partial charge in [0.1, 0.15) is 5.52 Å². The number of nitrogens with zero attached hydrogens (tertiary/aromatic N) is 1. The maximum absolute atomic E-state index is 5.41. The lowest BCUT2D eigenvalue weighted by molar-refractivity contribution is 0.600. The van der Waals surface area contributed by atoms with Crippen molar-refractivity contribution in [1.29, 1.82) is 0 Å². The highest BCUT2D eigenvalue weighted by Gasteiger charge is 1.99. The fourth-order valence-corrected chi connectivity index (χ4v) is 1.47. The third-order valence-electron chi connectivity index (χ3n) is 2.28. The molecule has 1 heterocycles. The summed E-state index contributed by atoms with van der Waals surface area (Å²) in [5.74, 6) is 0. The molecule has 4 heteroatoms. The zero-order valence-electron chi connectivity index (χ0n) is 8.57. The van der Waals surface area contributed by atoms with Crippen LogP contribution in [0.2, 0.25) is 0 Å². The number of hydrogen-bond donors (Lipinski definition) is 2. The van der Waals surface area contributed by atoms with E-state index in [0.717, 1.165) is 37.2 Å². The van der Waals surface area contributed by atoms with Gasteiger partial charge in [0.15, 0.2) is 12.0 Å². The highest BCUT2D eigenvalue weighted by molar-refractivity contribution is 5.72. The molecule has 15 heavy (non-hydrogen) atoms. The number of hydrogen-bond acceptors (Lipinski definition) is 4. The van der Waals surface area contributed by atoms with Gasteiger partial charge in [0.05, 0.1) is 0 Å². The Kier molecular flexibility index (Phi) is 3.32. The molecular weight excluding hydrogens is 190 g/mol. The van der Waals surface area contributed by atoms with Gasteiger partial charge in [-0.3, -0.25) is 0 Å². The minimum Gasteiger partial charge on any atom is -0.443 e. The molecule has 4 nitrogen and oxygen atoms in total. The average molecular weight is 205 g/mol. The van der Waals surface area contributed by atoms with Crippen molar-refractivity contribution in [3.05, 3.63) is 30.2 Å². The Bertz CT molecular complexity index is 424. The molecule has 0 aliphatic rings. The molecule has 0 spiro atoms. The number of nitrogens with one attached hydrogen (secondary N) is 1. The fourth-order valence-electron chi connectivity index (χ4n) is 1.47. The Morgan fingerprint density at radius 1 is 1.40 bits per heavy atom. The summed E-state index contributed by atoms with van der Waals surface area (Å²) >= 11 is 0. The molecule has 0 saturated heterocycles. The summed E-state index contributed by atoms with van der Waals surface area (Å²) in [7, 11) is 0. The van der Waals surface area contributed by atoms with E-state index < -0.39 is 0 Å². The second kappa shape index (κ2) is 4.91. The largest absolute Gasteiger partial charge is 0.443 e. The first kappa shape index (κ1) is 10.1. The van der Waals surface area contributed by atoms with Crippen molar-refractivity contribution >= 4 is 11.1 Å². The number of nitrogens with two attached hydrogens (primary N) is 1. The van der Waals surface area contributed by atoms with Gasteiger partial charge in [-0.05, 0) is 37.2 Å². The van der Waals surface area contributed by atoms with Gasteiger partial charge >= 0.3 is 0 Å². The first-order chi connectivity index (χ1) is 7.40. The molecule has 2 rings (SSSR count). The minimum absolute atomic E-state index is 0.730. The van der Waals surface area contributed by atoms with E-state index in [1.807, 2.05) is 12.1 Å². The van der Waals surface area contributed by atoms with Crippen LogP contribution in [0.4, 0.5) is 0 Å². The van der Waals surface area contributed by atoms with Gasteiger partial charge in [0, 0.05) is 6.54 Å². The van der Waals surface area contributed by atoms with Gasteiger partial charge in [0.25, 0.3) is 0 Å². The summed E-state index contributed by atoms with van der Waals surface area (Å²) in [4.78, 5) is 4.07. The molecule has 0 amide bonds. The van der Waals surface area contributed by atoms with E-state index in [1.54, 1.807) is 0 Å². The lowest BCUT2D eigenvalue weighted by Gasteiger charge is -2.03. The summed E-state index contributed by atoms with van der Waals surface area (Å²) in [6.07, 6.45) is 2.47. The predicted molar refractivity (Wildman–Crippen MR) is 59.4 cm³/mol. The Morgan fingerprint density at radius 2 is 2.33 bits per heavy atom. The average Bonchev–Trinajstić information content (AvgIpc) is 2.71. The molecule has 0 aliphatic carbocycles. The number of oxazole rings is 1. The first-order valence-electron chi connectivity index (χ1n) is 5.13. The molecule has 0 atom stereocenters. The summed E-state index contributed by atoms with van der Waals surface area (Å²) in [6.45, 7) is 2.52. The smallest absolute Gasteiger partial charge is 0.181 e. The molecule has 0 unspecified atom stereocenters. The van der Waals surface area contributed by atoms with Gasteiger partial charge in [-0.15, -0.1) is 0 Å². The van der Waals surface area contributed by atoms with Crippen LogP contribution >= 0.6 is 0 Å². The summed E-state index contributed by atoms with van der Waals surface area (Å²) in [5.41, 5.74) is 8.35. The lowest BCUT2D eigenvalue weighted by atomic mass is 10.2. The van der Waals surface area contributed by atoms with Crippen molar-refractivity contribution in [3.8, 4) is 0 Å². The van der Waals surface area contributed by atoms with Crippen molar-refractivity contribution in [2.75, 3.05) is 13.1 Å². The molecular formula is C11H15N3O. The maximum Gasteiger partial charge on any atom is 0.181 e. The second-order valence-electron chi connectivity index (χ2n) is 3.47. The topological polar surface area (TPSA) is 64.1 Å². The van der Waals surface area contributed by atoms with E-state index >= 15 is 0 Å². The molecule has 0 radical (unpaired) electrons. The molecule has 1 aromatic heterocycles. The standard InChI is InChI=1S/C11H15N3O/c12-4-1-5-13-7-9-2-3-10-11(6-9)15-8-14-10/h2-3,6,8,13H,1,4-5,7,12H2. The van der Waals surface area contributed by atoms with E-state index in [9.17, 15) is 0 Å². The zero-order chi connectivity index (χ0) is 10.5. The van der Waals surface area contributed by atoms with E-state index in [4.69, 9.17) is 10.2 Å². The maximum atomic E-state index is 5.41. The molecule has 1 aromatic carbocycles. The van der Waals surface area contributed by atoms with E-state index in [0.29, 0.717) is 0 Å². The molecule has 0 bridgehead atoms. The molecule has 0 fully saturated rings. The molecule has 2 aromatic rings.